The molecule has 0 aliphatic rings. The van der Waals surface area contributed by atoms with E-state index in [1.54, 1.807) is 31.2 Å². The number of carbonyl (C=O) groups is 1. The molecule has 0 aromatic heterocycles. The monoisotopic (exact) mass is 277 g/mol. The van der Waals surface area contributed by atoms with Crippen LogP contribution in [0.5, 0.6) is 0 Å². The maximum atomic E-state index is 11.8. The van der Waals surface area contributed by atoms with Crippen molar-refractivity contribution in [2.45, 2.75) is 6.92 Å². The lowest BCUT2D eigenvalue weighted by molar-refractivity contribution is -0.130. The minimum Gasteiger partial charge on any atom is -0.478 e. The van der Waals surface area contributed by atoms with Gasteiger partial charge in [0.05, 0.1) is 17.6 Å². The molecule has 2 aromatic carbocycles. The number of hydrogen-bond donors (Lipinski definition) is 1. The lowest BCUT2D eigenvalue weighted by Gasteiger charge is -2.15. The van der Waals surface area contributed by atoms with Crippen LogP contribution in [0.3, 0.4) is 0 Å². The van der Waals surface area contributed by atoms with E-state index < -0.39 is 11.9 Å². The number of carboxylic acids is 1. The van der Waals surface area contributed by atoms with Crippen molar-refractivity contribution >= 4 is 17.1 Å². The zero-order chi connectivity index (χ0) is 15.2. The van der Waals surface area contributed by atoms with E-state index in [-0.39, 0.29) is 5.57 Å². The first-order valence-electron chi connectivity index (χ1n) is 6.63. The van der Waals surface area contributed by atoms with Gasteiger partial charge in [-0.1, -0.05) is 60.7 Å². The minimum absolute atomic E-state index is 0.177. The zero-order valence-electron chi connectivity index (χ0n) is 11.7. The molecule has 3 heteroatoms. The molecule has 2 rings (SSSR count). The van der Waals surface area contributed by atoms with Crippen molar-refractivity contribution in [3.05, 3.63) is 71.8 Å². The van der Waals surface area contributed by atoms with Crippen molar-refractivity contribution in [2.75, 3.05) is 0 Å². The topological polar surface area (TPSA) is 61.1 Å². The second-order valence-corrected chi connectivity index (χ2v) is 4.68. The fraction of sp³-hybridized carbons (Fsp3) is 0.111. The van der Waals surface area contributed by atoms with E-state index in [2.05, 4.69) is 6.07 Å². The Hall–Kier alpha value is -2.86. The van der Waals surface area contributed by atoms with Crippen molar-refractivity contribution in [3.8, 4) is 6.07 Å². The first-order chi connectivity index (χ1) is 10.1. The fourth-order valence-electron chi connectivity index (χ4n) is 2.29. The molecule has 2 aromatic rings. The third kappa shape index (κ3) is 3.18. The highest BCUT2D eigenvalue weighted by Gasteiger charge is 2.22. The van der Waals surface area contributed by atoms with Gasteiger partial charge in [-0.3, -0.25) is 0 Å². The maximum Gasteiger partial charge on any atom is 0.336 e. The van der Waals surface area contributed by atoms with E-state index in [4.69, 9.17) is 0 Å². The number of aliphatic carboxylic acids is 1. The number of rotatable bonds is 4. The third-order valence-corrected chi connectivity index (χ3v) is 3.26. The molecule has 0 saturated carbocycles. The number of carboxylic acid groups (broad SMARTS) is 1. The average Bonchev–Trinajstić information content (AvgIpc) is 2.53. The van der Waals surface area contributed by atoms with Crippen molar-refractivity contribution < 1.29 is 9.90 Å². The van der Waals surface area contributed by atoms with Crippen molar-refractivity contribution in [1.82, 2.24) is 0 Å². The van der Waals surface area contributed by atoms with E-state index in [0.29, 0.717) is 11.1 Å². The summed E-state index contributed by atoms with van der Waals surface area (Å²) in [5, 5.41) is 18.9. The van der Waals surface area contributed by atoms with Gasteiger partial charge in [-0.25, -0.2) is 4.79 Å². The molecule has 0 amide bonds. The van der Waals surface area contributed by atoms with Crippen LogP contribution in [0.15, 0.2) is 60.7 Å². The summed E-state index contributed by atoms with van der Waals surface area (Å²) in [5.41, 5.74) is 2.08. The predicted molar refractivity (Wildman–Crippen MR) is 82.1 cm³/mol. The van der Waals surface area contributed by atoms with Crippen LogP contribution in [0.4, 0.5) is 0 Å². The lowest BCUT2D eigenvalue weighted by Crippen LogP contribution is -2.08. The van der Waals surface area contributed by atoms with Gasteiger partial charge in [0.15, 0.2) is 0 Å². The van der Waals surface area contributed by atoms with Gasteiger partial charge in [0.2, 0.25) is 0 Å². The second-order valence-electron chi connectivity index (χ2n) is 4.68. The van der Waals surface area contributed by atoms with Crippen LogP contribution >= 0.6 is 0 Å². The maximum absolute atomic E-state index is 11.8. The predicted octanol–water partition coefficient (Wildman–Crippen LogP) is 3.84. The number of nitrogens with zero attached hydrogens (tertiary/aromatic N) is 1. The highest BCUT2D eigenvalue weighted by Crippen LogP contribution is 2.32. The quantitative estimate of drug-likeness (QED) is 0.682. The molecule has 0 bridgehead atoms. The molecule has 1 N–H and O–H groups in total. The largest absolute Gasteiger partial charge is 0.478 e. The van der Waals surface area contributed by atoms with Crippen LogP contribution in [0.25, 0.3) is 11.1 Å². The van der Waals surface area contributed by atoms with Crippen LogP contribution in [-0.2, 0) is 4.79 Å². The lowest BCUT2D eigenvalue weighted by atomic mass is 9.87. The number of hydrogen-bond acceptors (Lipinski definition) is 2. The molecule has 3 nitrogen and oxygen atoms in total. The Morgan fingerprint density at radius 1 is 1.00 bits per heavy atom. The molecule has 0 fully saturated rings. The average molecular weight is 277 g/mol. The number of allylic oxidation sites excluding steroid dienone is 1. The number of benzene rings is 2. The van der Waals surface area contributed by atoms with Gasteiger partial charge in [0, 0.05) is 0 Å². The molecule has 0 radical (unpaired) electrons. The summed E-state index contributed by atoms with van der Waals surface area (Å²) in [6, 6.07) is 20.2. The highest BCUT2D eigenvalue weighted by atomic mass is 16.4. The molecular formula is C18H15NO2. The van der Waals surface area contributed by atoms with E-state index in [9.17, 15) is 15.2 Å². The van der Waals surface area contributed by atoms with Gasteiger partial charge in [-0.2, -0.15) is 5.26 Å². The van der Waals surface area contributed by atoms with Crippen LogP contribution in [-0.4, -0.2) is 11.1 Å². The normalized spacial score (nSPS) is 13.0. The van der Waals surface area contributed by atoms with E-state index in [1.165, 1.54) is 0 Å². The fourth-order valence-corrected chi connectivity index (χ4v) is 2.29. The molecular weight excluding hydrogens is 262 g/mol. The third-order valence-electron chi connectivity index (χ3n) is 3.26. The van der Waals surface area contributed by atoms with Crippen LogP contribution < -0.4 is 0 Å². The Kier molecular flexibility index (Phi) is 4.53. The summed E-state index contributed by atoms with van der Waals surface area (Å²) in [4.78, 5) is 11.8. The molecule has 0 heterocycles. The molecule has 21 heavy (non-hydrogen) atoms. The van der Waals surface area contributed by atoms with Gasteiger partial charge in [-0.05, 0) is 23.6 Å². The Morgan fingerprint density at radius 2 is 1.48 bits per heavy atom. The number of nitriles is 1. The van der Waals surface area contributed by atoms with Crippen LogP contribution in [0.1, 0.15) is 18.1 Å². The van der Waals surface area contributed by atoms with E-state index >= 15 is 0 Å². The summed E-state index contributed by atoms with van der Waals surface area (Å²) < 4.78 is 0. The summed E-state index contributed by atoms with van der Waals surface area (Å²) in [6.45, 7) is 1.72. The highest BCUT2D eigenvalue weighted by molar-refractivity contribution is 6.24. The summed E-state index contributed by atoms with van der Waals surface area (Å²) >= 11 is 0. The van der Waals surface area contributed by atoms with Crippen molar-refractivity contribution in [1.29, 1.82) is 5.26 Å². The summed E-state index contributed by atoms with van der Waals surface area (Å²) in [7, 11) is 0. The molecule has 0 saturated heterocycles. The minimum atomic E-state index is -1.03. The SMILES string of the molecule is CC(C#N)C(=C(C(=O)O)c1ccccc1)c1ccccc1. The van der Waals surface area contributed by atoms with Crippen LogP contribution in [0, 0.1) is 17.2 Å². The van der Waals surface area contributed by atoms with Gasteiger partial charge in [0.1, 0.15) is 0 Å². The smallest absolute Gasteiger partial charge is 0.336 e. The Bertz CT molecular complexity index is 697. The first kappa shape index (κ1) is 14.5. The molecule has 1 unspecified atom stereocenters. The summed E-state index contributed by atoms with van der Waals surface area (Å²) in [6.07, 6.45) is 0. The van der Waals surface area contributed by atoms with Crippen LogP contribution in [0.2, 0.25) is 0 Å². The molecule has 0 aliphatic carbocycles. The van der Waals surface area contributed by atoms with E-state index in [0.717, 1.165) is 5.56 Å². The Labute approximate surface area is 123 Å². The van der Waals surface area contributed by atoms with Gasteiger partial charge < -0.3 is 5.11 Å². The standard InChI is InChI=1S/C18H15NO2/c1-13(12-19)16(14-8-4-2-5-9-14)17(18(20)21)15-10-6-3-7-11-15/h2-11,13H,1H3,(H,20,21). The Balaban J connectivity index is 2.76. The Morgan fingerprint density at radius 3 is 1.90 bits per heavy atom. The van der Waals surface area contributed by atoms with Crippen molar-refractivity contribution in [2.24, 2.45) is 5.92 Å². The van der Waals surface area contributed by atoms with Crippen molar-refractivity contribution in [3.63, 3.8) is 0 Å². The summed E-state index contributed by atoms with van der Waals surface area (Å²) in [5.74, 6) is -1.54. The molecule has 0 aliphatic heterocycles. The zero-order valence-corrected chi connectivity index (χ0v) is 11.7. The van der Waals surface area contributed by atoms with Gasteiger partial charge in [-0.15, -0.1) is 0 Å². The van der Waals surface area contributed by atoms with E-state index in [1.807, 2.05) is 36.4 Å². The molecule has 104 valence electrons. The first-order valence-corrected chi connectivity index (χ1v) is 6.63. The molecule has 1 atom stereocenters. The van der Waals surface area contributed by atoms with Gasteiger partial charge in [0.25, 0.3) is 0 Å². The molecule has 0 spiro atoms. The second kappa shape index (κ2) is 6.53. The van der Waals surface area contributed by atoms with Gasteiger partial charge >= 0.3 is 5.97 Å².